The topological polar surface area (TPSA) is 107 Å². The molecule has 2 N–H and O–H groups in total. The first kappa shape index (κ1) is 17.3. The van der Waals surface area contributed by atoms with E-state index in [2.05, 4.69) is 20.5 Å². The standard InChI is InChI=1S/C21H14N4O3/c26-19-15-7-3-1-5-13(15)9-11-17(19)22-24-21(28)25-23-18-12-10-14-6-2-4-8-16(14)20(18)27/h1-12,26-27H. The van der Waals surface area contributed by atoms with Crippen molar-refractivity contribution in [1.82, 2.24) is 0 Å². The monoisotopic (exact) mass is 370 g/mol. The number of carbonyl (C=O) groups excluding carboxylic acids is 1. The lowest BCUT2D eigenvalue weighted by atomic mass is 10.1. The molecule has 7 nitrogen and oxygen atoms in total. The van der Waals surface area contributed by atoms with E-state index in [1.807, 2.05) is 24.3 Å². The molecule has 0 heterocycles. The molecular weight excluding hydrogens is 356 g/mol. The zero-order valence-electron chi connectivity index (χ0n) is 14.5. The van der Waals surface area contributed by atoms with Gasteiger partial charge in [-0.25, -0.2) is 4.79 Å². The maximum absolute atomic E-state index is 11.9. The molecule has 0 aliphatic carbocycles. The van der Waals surface area contributed by atoms with Crippen molar-refractivity contribution >= 4 is 39.0 Å². The van der Waals surface area contributed by atoms with Gasteiger partial charge in [0.15, 0.2) is 11.5 Å². The van der Waals surface area contributed by atoms with Crippen LogP contribution in [-0.4, -0.2) is 16.2 Å². The summed E-state index contributed by atoms with van der Waals surface area (Å²) in [7, 11) is 0. The van der Waals surface area contributed by atoms with Crippen LogP contribution < -0.4 is 0 Å². The summed E-state index contributed by atoms with van der Waals surface area (Å²) < 4.78 is 0. The summed E-state index contributed by atoms with van der Waals surface area (Å²) in [5.41, 5.74) is 0.298. The van der Waals surface area contributed by atoms with Crippen molar-refractivity contribution in [3.05, 3.63) is 72.8 Å². The Kier molecular flexibility index (Phi) is 4.47. The molecule has 0 unspecified atom stereocenters. The van der Waals surface area contributed by atoms with Crippen molar-refractivity contribution < 1.29 is 15.0 Å². The predicted octanol–water partition coefficient (Wildman–Crippen LogP) is 6.39. The Hall–Kier alpha value is -4.13. The Morgan fingerprint density at radius 1 is 0.607 bits per heavy atom. The molecular formula is C21H14N4O3. The van der Waals surface area contributed by atoms with Crippen molar-refractivity contribution in [2.75, 3.05) is 0 Å². The molecule has 0 aromatic heterocycles. The van der Waals surface area contributed by atoms with Crippen LogP contribution in [0, 0.1) is 0 Å². The number of carbonyl (C=O) groups is 1. The number of aromatic hydroxyl groups is 2. The van der Waals surface area contributed by atoms with E-state index in [0.29, 0.717) is 10.8 Å². The Bertz CT molecular complexity index is 1170. The number of phenolic OH excluding ortho intramolecular Hbond substituents is 2. The molecule has 7 heteroatoms. The largest absolute Gasteiger partial charge is 0.505 e. The van der Waals surface area contributed by atoms with Gasteiger partial charge in [-0.1, -0.05) is 70.9 Å². The van der Waals surface area contributed by atoms with E-state index in [4.69, 9.17) is 0 Å². The molecule has 4 aromatic carbocycles. The summed E-state index contributed by atoms with van der Waals surface area (Å²) >= 11 is 0. The number of fused-ring (bicyclic) bond motifs is 2. The number of hydrogen-bond acceptors (Lipinski definition) is 5. The number of phenols is 2. The average molecular weight is 370 g/mol. The highest BCUT2D eigenvalue weighted by molar-refractivity contribution is 5.93. The molecule has 0 atom stereocenters. The quantitative estimate of drug-likeness (QED) is 0.399. The van der Waals surface area contributed by atoms with Crippen molar-refractivity contribution in [1.29, 1.82) is 0 Å². The van der Waals surface area contributed by atoms with Crippen molar-refractivity contribution in [3.8, 4) is 11.5 Å². The highest BCUT2D eigenvalue weighted by Gasteiger charge is 2.08. The molecule has 0 radical (unpaired) electrons. The van der Waals surface area contributed by atoms with Crippen LogP contribution in [0.1, 0.15) is 0 Å². The molecule has 0 bridgehead atoms. The zero-order chi connectivity index (χ0) is 19.5. The summed E-state index contributed by atoms with van der Waals surface area (Å²) in [4.78, 5) is 11.9. The lowest BCUT2D eigenvalue weighted by Gasteiger charge is -2.03. The van der Waals surface area contributed by atoms with Gasteiger partial charge in [0, 0.05) is 10.8 Å². The SMILES string of the molecule is O=C(N=Nc1ccc2ccccc2c1O)N=Nc1ccc2ccccc2c1O. The Morgan fingerprint density at radius 2 is 1.04 bits per heavy atom. The van der Waals surface area contributed by atoms with Crippen LogP contribution in [0.15, 0.2) is 93.3 Å². The number of rotatable bonds is 2. The number of amides is 2. The number of urea groups is 1. The molecule has 0 aliphatic heterocycles. The van der Waals surface area contributed by atoms with Crippen LogP contribution in [0.3, 0.4) is 0 Å². The molecule has 136 valence electrons. The lowest BCUT2D eigenvalue weighted by molar-refractivity contribution is 0.254. The van der Waals surface area contributed by atoms with Crippen LogP contribution >= 0.6 is 0 Å². The highest BCUT2D eigenvalue weighted by atomic mass is 16.3. The zero-order valence-corrected chi connectivity index (χ0v) is 14.5. The first-order valence-corrected chi connectivity index (χ1v) is 8.42. The van der Waals surface area contributed by atoms with Crippen molar-refractivity contribution in [2.24, 2.45) is 20.5 Å². The van der Waals surface area contributed by atoms with Crippen LogP contribution in [0.5, 0.6) is 11.5 Å². The lowest BCUT2D eigenvalue weighted by Crippen LogP contribution is -1.81. The number of nitrogens with zero attached hydrogens (tertiary/aromatic N) is 4. The summed E-state index contributed by atoms with van der Waals surface area (Å²) in [6.45, 7) is 0. The van der Waals surface area contributed by atoms with Gasteiger partial charge in [-0.2, -0.15) is 0 Å². The van der Waals surface area contributed by atoms with Gasteiger partial charge < -0.3 is 10.2 Å². The van der Waals surface area contributed by atoms with Crippen LogP contribution in [0.4, 0.5) is 16.2 Å². The molecule has 4 aromatic rings. The third-order valence-corrected chi connectivity index (χ3v) is 4.25. The number of azo groups is 2. The first-order chi connectivity index (χ1) is 13.6. The Morgan fingerprint density at radius 3 is 1.50 bits per heavy atom. The second kappa shape index (κ2) is 7.24. The second-order valence-corrected chi connectivity index (χ2v) is 5.99. The first-order valence-electron chi connectivity index (χ1n) is 8.42. The number of hydrogen-bond donors (Lipinski definition) is 2. The Labute approximate surface area is 159 Å². The molecule has 0 aliphatic rings. The van der Waals surface area contributed by atoms with Gasteiger partial charge in [0.2, 0.25) is 0 Å². The Balaban J connectivity index is 1.56. The van der Waals surface area contributed by atoms with Crippen LogP contribution in [-0.2, 0) is 0 Å². The van der Waals surface area contributed by atoms with Gasteiger partial charge in [0.1, 0.15) is 11.4 Å². The third kappa shape index (κ3) is 3.28. The fourth-order valence-corrected chi connectivity index (χ4v) is 2.86. The van der Waals surface area contributed by atoms with E-state index >= 15 is 0 Å². The summed E-state index contributed by atoms with van der Waals surface area (Å²) in [5.74, 6) is -0.141. The smallest absolute Gasteiger partial charge is 0.404 e. The van der Waals surface area contributed by atoms with E-state index in [0.717, 1.165) is 10.8 Å². The van der Waals surface area contributed by atoms with Crippen molar-refractivity contribution in [2.45, 2.75) is 0 Å². The van der Waals surface area contributed by atoms with E-state index in [1.165, 1.54) is 0 Å². The maximum Gasteiger partial charge on any atom is 0.404 e. The fourth-order valence-electron chi connectivity index (χ4n) is 2.86. The summed E-state index contributed by atoms with van der Waals surface area (Å²) in [6.07, 6.45) is 0. The minimum atomic E-state index is -0.958. The fraction of sp³-hybridized carbons (Fsp3) is 0. The number of benzene rings is 4. The van der Waals surface area contributed by atoms with Gasteiger partial charge in [0.25, 0.3) is 0 Å². The molecule has 0 spiro atoms. The second-order valence-electron chi connectivity index (χ2n) is 5.99. The van der Waals surface area contributed by atoms with Crippen molar-refractivity contribution in [3.63, 3.8) is 0 Å². The van der Waals surface area contributed by atoms with E-state index in [-0.39, 0.29) is 22.9 Å². The van der Waals surface area contributed by atoms with Gasteiger partial charge in [-0.3, -0.25) is 0 Å². The molecule has 28 heavy (non-hydrogen) atoms. The van der Waals surface area contributed by atoms with Gasteiger partial charge >= 0.3 is 6.03 Å². The van der Waals surface area contributed by atoms with Crippen LogP contribution in [0.25, 0.3) is 21.5 Å². The molecule has 0 fully saturated rings. The molecule has 2 amide bonds. The average Bonchev–Trinajstić information content (AvgIpc) is 2.73. The normalized spacial score (nSPS) is 11.7. The summed E-state index contributed by atoms with van der Waals surface area (Å²) in [6, 6.07) is 20.2. The minimum Gasteiger partial charge on any atom is -0.505 e. The highest BCUT2D eigenvalue weighted by Crippen LogP contribution is 2.36. The van der Waals surface area contributed by atoms with Crippen LogP contribution in [0.2, 0.25) is 0 Å². The minimum absolute atomic E-state index is 0.0706. The third-order valence-electron chi connectivity index (χ3n) is 4.25. The van der Waals surface area contributed by atoms with E-state index in [9.17, 15) is 15.0 Å². The molecule has 0 saturated heterocycles. The molecule has 0 saturated carbocycles. The molecule has 4 rings (SSSR count). The van der Waals surface area contributed by atoms with E-state index < -0.39 is 6.03 Å². The van der Waals surface area contributed by atoms with E-state index in [1.54, 1.807) is 48.5 Å². The van der Waals surface area contributed by atoms with Gasteiger partial charge in [0.05, 0.1) is 0 Å². The predicted molar refractivity (Wildman–Crippen MR) is 106 cm³/mol. The maximum atomic E-state index is 11.9. The van der Waals surface area contributed by atoms with Gasteiger partial charge in [-0.15, -0.1) is 10.2 Å². The summed E-state index contributed by atoms with van der Waals surface area (Å²) in [5, 5.41) is 37.8. The van der Waals surface area contributed by atoms with Gasteiger partial charge in [-0.05, 0) is 22.9 Å².